The van der Waals surface area contributed by atoms with E-state index in [-0.39, 0.29) is 18.1 Å². The number of benzene rings is 1. The normalized spacial score (nSPS) is 23.8. The summed E-state index contributed by atoms with van der Waals surface area (Å²) in [5, 5.41) is 2.91. The molecule has 0 bridgehead atoms. The van der Waals surface area contributed by atoms with Crippen molar-refractivity contribution in [2.45, 2.75) is 44.2 Å². The molecule has 1 aliphatic carbocycles. The molecule has 126 valence electrons. The summed E-state index contributed by atoms with van der Waals surface area (Å²) in [5.74, 6) is 0.0748. The van der Waals surface area contributed by atoms with E-state index in [9.17, 15) is 4.79 Å². The molecule has 2 unspecified atom stereocenters. The lowest BCUT2D eigenvalue weighted by atomic mass is 9.90. The minimum Gasteiger partial charge on any atom is -0.374 e. The first kappa shape index (κ1) is 15.8. The molecule has 4 rings (SSSR count). The number of amides is 1. The second kappa shape index (κ2) is 7.03. The monoisotopic (exact) mass is 342 g/mol. The molecule has 4 nitrogen and oxygen atoms in total. The lowest BCUT2D eigenvalue weighted by Gasteiger charge is -2.43. The van der Waals surface area contributed by atoms with Gasteiger partial charge in [-0.15, -0.1) is 11.3 Å². The predicted molar refractivity (Wildman–Crippen MR) is 94.4 cm³/mol. The number of hydrogen-bond acceptors (Lipinski definition) is 4. The Morgan fingerprint density at radius 2 is 2.08 bits per heavy atom. The van der Waals surface area contributed by atoms with E-state index in [1.807, 2.05) is 28.5 Å². The predicted octanol–water partition coefficient (Wildman–Crippen LogP) is 3.52. The van der Waals surface area contributed by atoms with Crippen molar-refractivity contribution in [3.63, 3.8) is 0 Å². The van der Waals surface area contributed by atoms with Gasteiger partial charge in [0.2, 0.25) is 0 Å². The van der Waals surface area contributed by atoms with Crippen LogP contribution in [0.15, 0.2) is 35.7 Å². The van der Waals surface area contributed by atoms with E-state index in [0.717, 1.165) is 24.3 Å². The fourth-order valence-corrected chi connectivity index (χ4v) is 4.56. The van der Waals surface area contributed by atoms with Gasteiger partial charge in [-0.05, 0) is 18.4 Å². The van der Waals surface area contributed by atoms with E-state index < -0.39 is 0 Å². The first-order valence-electron chi connectivity index (χ1n) is 8.72. The Bertz CT molecular complexity index is 698. The molecule has 1 saturated heterocycles. The summed E-state index contributed by atoms with van der Waals surface area (Å²) >= 11 is 1.58. The molecule has 2 aliphatic rings. The van der Waals surface area contributed by atoms with E-state index in [0.29, 0.717) is 18.8 Å². The highest BCUT2D eigenvalue weighted by atomic mass is 32.1. The zero-order valence-corrected chi connectivity index (χ0v) is 14.5. The zero-order chi connectivity index (χ0) is 16.4. The van der Waals surface area contributed by atoms with Gasteiger partial charge in [-0.3, -0.25) is 4.79 Å². The fraction of sp³-hybridized carbons (Fsp3) is 0.474. The number of carbonyl (C=O) groups is 1. The summed E-state index contributed by atoms with van der Waals surface area (Å²) in [6.07, 6.45) is 5.53. The quantitative estimate of drug-likeness (QED) is 0.857. The number of thiazole rings is 1. The Labute approximate surface area is 146 Å². The number of aromatic nitrogens is 1. The van der Waals surface area contributed by atoms with Crippen molar-refractivity contribution in [3.8, 4) is 0 Å². The molecule has 2 heterocycles. The minimum atomic E-state index is 0.0748. The van der Waals surface area contributed by atoms with Crippen molar-refractivity contribution in [1.82, 2.24) is 9.88 Å². The standard InChI is InChI=1S/C19H22N2O2S/c22-19(21-10-11-23-17-9-5-4-8-16(17)21)15-13-24-18(20-15)12-14-6-2-1-3-7-14/h1-3,6-7,13,16-17H,4-5,8-12H2. The third-order valence-corrected chi connectivity index (χ3v) is 5.81. The second-order valence-corrected chi connectivity index (χ2v) is 7.49. The van der Waals surface area contributed by atoms with Crippen LogP contribution in [0.3, 0.4) is 0 Å². The number of hydrogen-bond donors (Lipinski definition) is 0. The molecule has 5 heteroatoms. The molecule has 0 N–H and O–H groups in total. The molecule has 0 spiro atoms. The third kappa shape index (κ3) is 3.23. The SMILES string of the molecule is O=C(c1csc(Cc2ccccc2)n1)N1CCOC2CCCCC21. The van der Waals surface area contributed by atoms with Gasteiger partial charge in [0, 0.05) is 18.3 Å². The second-order valence-electron chi connectivity index (χ2n) is 6.55. The molecule has 24 heavy (non-hydrogen) atoms. The number of ether oxygens (including phenoxy) is 1. The van der Waals surface area contributed by atoms with E-state index in [1.54, 1.807) is 11.3 Å². The Morgan fingerprint density at radius 1 is 1.25 bits per heavy atom. The summed E-state index contributed by atoms with van der Waals surface area (Å²) in [6.45, 7) is 1.33. The topological polar surface area (TPSA) is 42.4 Å². The molecule has 1 saturated carbocycles. The summed E-state index contributed by atoms with van der Waals surface area (Å²) in [4.78, 5) is 19.5. The molecule has 2 fully saturated rings. The van der Waals surface area contributed by atoms with Crippen molar-refractivity contribution >= 4 is 17.2 Å². The van der Waals surface area contributed by atoms with Crippen molar-refractivity contribution in [1.29, 1.82) is 0 Å². The number of fused-ring (bicyclic) bond motifs is 1. The van der Waals surface area contributed by atoms with Gasteiger partial charge in [0.05, 0.1) is 23.8 Å². The molecule has 1 aliphatic heterocycles. The van der Waals surface area contributed by atoms with Crippen LogP contribution in [0.2, 0.25) is 0 Å². The smallest absolute Gasteiger partial charge is 0.273 e. The van der Waals surface area contributed by atoms with Crippen LogP contribution >= 0.6 is 11.3 Å². The van der Waals surface area contributed by atoms with Crippen LogP contribution in [-0.4, -0.2) is 41.1 Å². The lowest BCUT2D eigenvalue weighted by Crippen LogP contribution is -2.54. The molecule has 1 aromatic heterocycles. The first-order valence-corrected chi connectivity index (χ1v) is 9.60. The van der Waals surface area contributed by atoms with Gasteiger partial charge in [-0.25, -0.2) is 4.98 Å². The lowest BCUT2D eigenvalue weighted by molar-refractivity contribution is -0.0754. The van der Waals surface area contributed by atoms with E-state index in [1.165, 1.54) is 18.4 Å². The maximum Gasteiger partial charge on any atom is 0.273 e. The average Bonchev–Trinajstić information content (AvgIpc) is 3.10. The van der Waals surface area contributed by atoms with Crippen LogP contribution in [0.4, 0.5) is 0 Å². The van der Waals surface area contributed by atoms with Gasteiger partial charge in [0.15, 0.2) is 0 Å². The molecule has 1 amide bonds. The minimum absolute atomic E-state index is 0.0748. The van der Waals surface area contributed by atoms with Crippen LogP contribution < -0.4 is 0 Å². The first-order chi connectivity index (χ1) is 11.8. The van der Waals surface area contributed by atoms with Crippen LogP contribution in [-0.2, 0) is 11.2 Å². The number of morpholine rings is 1. The highest BCUT2D eigenvalue weighted by molar-refractivity contribution is 7.09. The van der Waals surface area contributed by atoms with Crippen LogP contribution in [0.5, 0.6) is 0 Å². The van der Waals surface area contributed by atoms with Crippen molar-refractivity contribution in [2.75, 3.05) is 13.2 Å². The number of nitrogens with zero attached hydrogens (tertiary/aromatic N) is 2. The summed E-state index contributed by atoms with van der Waals surface area (Å²) in [5.41, 5.74) is 1.82. The van der Waals surface area contributed by atoms with Gasteiger partial charge in [0.25, 0.3) is 5.91 Å². The average molecular weight is 342 g/mol. The Kier molecular flexibility index (Phi) is 4.63. The van der Waals surface area contributed by atoms with Gasteiger partial charge < -0.3 is 9.64 Å². The molecule has 2 aromatic rings. The molecule has 0 radical (unpaired) electrons. The highest BCUT2D eigenvalue weighted by Gasteiger charge is 2.37. The zero-order valence-electron chi connectivity index (χ0n) is 13.7. The van der Waals surface area contributed by atoms with E-state index >= 15 is 0 Å². The van der Waals surface area contributed by atoms with Gasteiger partial charge in [-0.2, -0.15) is 0 Å². The van der Waals surface area contributed by atoms with Crippen molar-refractivity contribution in [2.24, 2.45) is 0 Å². The van der Waals surface area contributed by atoms with Gasteiger partial charge in [-0.1, -0.05) is 43.2 Å². The van der Waals surface area contributed by atoms with Crippen LogP contribution in [0.25, 0.3) is 0 Å². The van der Waals surface area contributed by atoms with Crippen LogP contribution in [0, 0.1) is 0 Å². The van der Waals surface area contributed by atoms with E-state index in [4.69, 9.17) is 4.74 Å². The molecule has 1 aromatic carbocycles. The highest BCUT2D eigenvalue weighted by Crippen LogP contribution is 2.29. The van der Waals surface area contributed by atoms with Crippen LogP contribution in [0.1, 0.15) is 46.7 Å². The van der Waals surface area contributed by atoms with Gasteiger partial charge in [0.1, 0.15) is 5.69 Å². The Hall–Kier alpha value is -1.72. The molecule has 2 atom stereocenters. The third-order valence-electron chi connectivity index (χ3n) is 4.96. The largest absolute Gasteiger partial charge is 0.374 e. The van der Waals surface area contributed by atoms with E-state index in [2.05, 4.69) is 17.1 Å². The molecular formula is C19H22N2O2S. The number of rotatable bonds is 3. The Morgan fingerprint density at radius 3 is 2.96 bits per heavy atom. The Balaban J connectivity index is 1.48. The maximum absolute atomic E-state index is 12.9. The van der Waals surface area contributed by atoms with Gasteiger partial charge >= 0.3 is 0 Å². The van der Waals surface area contributed by atoms with Crippen molar-refractivity contribution < 1.29 is 9.53 Å². The summed E-state index contributed by atoms with van der Waals surface area (Å²) in [6, 6.07) is 10.5. The maximum atomic E-state index is 12.9. The number of carbonyl (C=O) groups excluding carboxylic acids is 1. The van der Waals surface area contributed by atoms with Crippen molar-refractivity contribution in [3.05, 3.63) is 52.0 Å². The summed E-state index contributed by atoms with van der Waals surface area (Å²) in [7, 11) is 0. The molecular weight excluding hydrogens is 320 g/mol. The fourth-order valence-electron chi connectivity index (χ4n) is 3.76. The summed E-state index contributed by atoms with van der Waals surface area (Å²) < 4.78 is 5.87.